The number of rotatable bonds is 4. The third-order valence-corrected chi connectivity index (χ3v) is 5.65. The quantitative estimate of drug-likeness (QED) is 0.727. The third-order valence-electron chi connectivity index (χ3n) is 5.65. The summed E-state index contributed by atoms with van der Waals surface area (Å²) in [7, 11) is 0. The number of nitrogens with zero attached hydrogens (tertiary/aromatic N) is 3. The number of anilines is 1. The summed E-state index contributed by atoms with van der Waals surface area (Å²) >= 11 is 0. The molecule has 1 unspecified atom stereocenters. The van der Waals surface area contributed by atoms with Crippen molar-refractivity contribution >= 4 is 23.4 Å². The second-order valence-corrected chi connectivity index (χ2v) is 9.28. The summed E-state index contributed by atoms with van der Waals surface area (Å²) in [6, 6.07) is 7.71. The van der Waals surface area contributed by atoms with Crippen molar-refractivity contribution < 1.29 is 14.4 Å². The van der Waals surface area contributed by atoms with Crippen molar-refractivity contribution in [1.29, 1.82) is 5.26 Å². The average molecular weight is 396 g/mol. The first-order valence-corrected chi connectivity index (χ1v) is 10.4. The molecule has 0 N–H and O–H groups in total. The monoisotopic (exact) mass is 395 g/mol. The molecule has 0 radical (unpaired) electrons. The second kappa shape index (κ2) is 8.36. The SMILES string of the molecule is CC(C)(C)CC(=O)N(C1CCCCC1)C1CC(=O)N(c2ccc(C#N)cc2)C1=O. The molecule has 0 aromatic heterocycles. The van der Waals surface area contributed by atoms with Crippen LogP contribution in [-0.2, 0) is 14.4 Å². The number of hydrogen-bond donors (Lipinski definition) is 0. The molecule has 1 aliphatic heterocycles. The molecule has 1 heterocycles. The van der Waals surface area contributed by atoms with Gasteiger partial charge in [-0.25, -0.2) is 4.90 Å². The number of amides is 3. The van der Waals surface area contributed by atoms with Crippen LogP contribution in [0.5, 0.6) is 0 Å². The Morgan fingerprint density at radius 3 is 2.31 bits per heavy atom. The minimum Gasteiger partial charge on any atom is -0.327 e. The van der Waals surface area contributed by atoms with Crippen molar-refractivity contribution in [3.05, 3.63) is 29.8 Å². The van der Waals surface area contributed by atoms with Crippen LogP contribution in [0.25, 0.3) is 0 Å². The Hall–Kier alpha value is -2.68. The summed E-state index contributed by atoms with van der Waals surface area (Å²) < 4.78 is 0. The summed E-state index contributed by atoms with van der Waals surface area (Å²) in [5, 5.41) is 8.97. The van der Waals surface area contributed by atoms with E-state index in [9.17, 15) is 14.4 Å². The van der Waals surface area contributed by atoms with Gasteiger partial charge in [0.2, 0.25) is 11.8 Å². The molecule has 2 fully saturated rings. The van der Waals surface area contributed by atoms with Gasteiger partial charge in [0.25, 0.3) is 5.91 Å². The maximum Gasteiger partial charge on any atom is 0.257 e. The number of carbonyl (C=O) groups excluding carboxylic acids is 3. The lowest BCUT2D eigenvalue weighted by Crippen LogP contribution is -2.52. The molecule has 1 aromatic carbocycles. The smallest absolute Gasteiger partial charge is 0.257 e. The summed E-state index contributed by atoms with van der Waals surface area (Å²) in [4.78, 5) is 42.2. The van der Waals surface area contributed by atoms with Crippen LogP contribution in [-0.4, -0.2) is 34.7 Å². The fraction of sp³-hybridized carbons (Fsp3) is 0.565. The van der Waals surface area contributed by atoms with Gasteiger partial charge in [-0.1, -0.05) is 40.0 Å². The Kier molecular flexibility index (Phi) is 6.07. The normalized spacial score (nSPS) is 20.6. The van der Waals surface area contributed by atoms with Gasteiger partial charge >= 0.3 is 0 Å². The number of carbonyl (C=O) groups is 3. The summed E-state index contributed by atoms with van der Waals surface area (Å²) in [6.07, 6.45) is 5.35. The van der Waals surface area contributed by atoms with E-state index in [1.807, 2.05) is 26.8 Å². The van der Waals surface area contributed by atoms with Crippen molar-refractivity contribution in [3.63, 3.8) is 0 Å². The molecule has 1 saturated carbocycles. The molecule has 154 valence electrons. The number of nitriles is 1. The maximum atomic E-state index is 13.3. The minimum atomic E-state index is -0.740. The van der Waals surface area contributed by atoms with Crippen molar-refractivity contribution in [3.8, 4) is 6.07 Å². The van der Waals surface area contributed by atoms with Crippen LogP contribution in [0.2, 0.25) is 0 Å². The van der Waals surface area contributed by atoms with Crippen LogP contribution < -0.4 is 4.90 Å². The Labute approximate surface area is 172 Å². The highest BCUT2D eigenvalue weighted by molar-refractivity contribution is 6.23. The molecule has 1 aliphatic carbocycles. The van der Waals surface area contributed by atoms with Crippen LogP contribution >= 0.6 is 0 Å². The molecule has 2 aliphatic rings. The molecule has 1 aromatic rings. The van der Waals surface area contributed by atoms with Gasteiger partial charge in [0.1, 0.15) is 6.04 Å². The second-order valence-electron chi connectivity index (χ2n) is 9.28. The number of hydrogen-bond acceptors (Lipinski definition) is 4. The van der Waals surface area contributed by atoms with Crippen molar-refractivity contribution in [1.82, 2.24) is 4.90 Å². The first-order chi connectivity index (χ1) is 13.7. The summed E-state index contributed by atoms with van der Waals surface area (Å²) in [6.45, 7) is 6.03. The molecule has 6 heteroatoms. The Bertz CT molecular complexity index is 826. The van der Waals surface area contributed by atoms with Crippen LogP contribution in [0.1, 0.15) is 71.3 Å². The fourth-order valence-corrected chi connectivity index (χ4v) is 4.33. The van der Waals surface area contributed by atoms with Gasteiger partial charge in [-0.2, -0.15) is 5.26 Å². The highest BCUT2D eigenvalue weighted by atomic mass is 16.2. The molecule has 3 amide bonds. The average Bonchev–Trinajstić information content (AvgIpc) is 2.95. The first kappa shape index (κ1) is 21.0. The predicted molar refractivity (Wildman–Crippen MR) is 110 cm³/mol. The molecule has 29 heavy (non-hydrogen) atoms. The van der Waals surface area contributed by atoms with E-state index in [1.54, 1.807) is 29.2 Å². The van der Waals surface area contributed by atoms with E-state index in [4.69, 9.17) is 5.26 Å². The van der Waals surface area contributed by atoms with Gasteiger partial charge in [0, 0.05) is 12.5 Å². The zero-order chi connectivity index (χ0) is 21.2. The summed E-state index contributed by atoms with van der Waals surface area (Å²) in [5.41, 5.74) is 0.726. The molecule has 0 spiro atoms. The van der Waals surface area contributed by atoms with Crippen LogP contribution in [0.3, 0.4) is 0 Å². The highest BCUT2D eigenvalue weighted by Crippen LogP contribution is 2.33. The van der Waals surface area contributed by atoms with E-state index in [2.05, 4.69) is 0 Å². The van der Waals surface area contributed by atoms with E-state index in [0.717, 1.165) is 32.1 Å². The third kappa shape index (κ3) is 4.67. The Morgan fingerprint density at radius 2 is 1.76 bits per heavy atom. The molecule has 1 saturated heterocycles. The lowest BCUT2D eigenvalue weighted by Gasteiger charge is -2.38. The molecular weight excluding hydrogens is 366 g/mol. The van der Waals surface area contributed by atoms with Gasteiger partial charge < -0.3 is 4.90 Å². The van der Waals surface area contributed by atoms with E-state index in [-0.39, 0.29) is 35.6 Å². The molecule has 0 bridgehead atoms. The van der Waals surface area contributed by atoms with Gasteiger partial charge in [0.15, 0.2) is 0 Å². The van der Waals surface area contributed by atoms with Gasteiger partial charge in [-0.05, 0) is 42.5 Å². The van der Waals surface area contributed by atoms with Gasteiger partial charge in [0.05, 0.1) is 23.7 Å². The number of imide groups is 1. The van der Waals surface area contributed by atoms with Crippen molar-refractivity contribution in [2.45, 2.75) is 77.8 Å². The molecule has 3 rings (SSSR count). The lowest BCUT2D eigenvalue weighted by atomic mass is 9.88. The Balaban J connectivity index is 1.89. The van der Waals surface area contributed by atoms with Gasteiger partial charge in [-0.15, -0.1) is 0 Å². The molecule has 6 nitrogen and oxygen atoms in total. The highest BCUT2D eigenvalue weighted by Gasteiger charge is 2.46. The van der Waals surface area contributed by atoms with E-state index >= 15 is 0 Å². The van der Waals surface area contributed by atoms with Crippen LogP contribution in [0.15, 0.2) is 24.3 Å². The lowest BCUT2D eigenvalue weighted by molar-refractivity contribution is -0.143. The zero-order valence-electron chi connectivity index (χ0n) is 17.5. The van der Waals surface area contributed by atoms with E-state index in [1.165, 1.54) is 4.90 Å². The topological polar surface area (TPSA) is 81.5 Å². The summed E-state index contributed by atoms with van der Waals surface area (Å²) in [5.74, 6) is -0.682. The van der Waals surface area contributed by atoms with Crippen molar-refractivity contribution in [2.75, 3.05) is 4.90 Å². The molecular formula is C23H29N3O3. The molecule has 1 atom stereocenters. The van der Waals surface area contributed by atoms with Crippen LogP contribution in [0, 0.1) is 16.7 Å². The van der Waals surface area contributed by atoms with Gasteiger partial charge in [-0.3, -0.25) is 14.4 Å². The van der Waals surface area contributed by atoms with E-state index < -0.39 is 6.04 Å². The predicted octanol–water partition coefficient (Wildman–Crippen LogP) is 3.79. The zero-order valence-corrected chi connectivity index (χ0v) is 17.5. The number of benzene rings is 1. The van der Waals surface area contributed by atoms with Crippen LogP contribution in [0.4, 0.5) is 5.69 Å². The first-order valence-electron chi connectivity index (χ1n) is 10.4. The maximum absolute atomic E-state index is 13.3. The largest absolute Gasteiger partial charge is 0.327 e. The fourth-order valence-electron chi connectivity index (χ4n) is 4.33. The standard InChI is InChI=1S/C23H29N3O3/c1-23(2,3)14-21(28)25(17-7-5-4-6-8-17)19-13-20(27)26(22(19)29)18-11-9-16(15-24)10-12-18/h9-12,17,19H,4-8,13-14H2,1-3H3. The Morgan fingerprint density at radius 1 is 1.14 bits per heavy atom. The van der Waals surface area contributed by atoms with Crippen molar-refractivity contribution in [2.24, 2.45) is 5.41 Å². The van der Waals surface area contributed by atoms with E-state index in [0.29, 0.717) is 17.7 Å². The minimum absolute atomic E-state index is 0.0151.